The first-order valence-corrected chi connectivity index (χ1v) is 10.2. The Kier molecular flexibility index (Phi) is 5.76. The van der Waals surface area contributed by atoms with Gasteiger partial charge in [0.2, 0.25) is 0 Å². The third-order valence-corrected chi connectivity index (χ3v) is 6.00. The standard InChI is InChI=1S/C19H22FN3O3S/c1-13-11-14(20)8-9-18(13)27(25,26)23-17-7-3-2-6-16(17)19(24)22-15-5-4-10-21-12-15/h2-3,6-9,11,15,21,23H,4-5,10,12H2,1H3,(H,22,24)/t15-/m0/s1. The number of hydrogen-bond donors (Lipinski definition) is 3. The molecule has 1 fully saturated rings. The minimum Gasteiger partial charge on any atom is -0.348 e. The number of aryl methyl sites for hydroxylation is 1. The van der Waals surface area contributed by atoms with Gasteiger partial charge in [0, 0.05) is 12.6 Å². The highest BCUT2D eigenvalue weighted by atomic mass is 32.2. The van der Waals surface area contributed by atoms with E-state index in [1.165, 1.54) is 19.1 Å². The van der Waals surface area contributed by atoms with E-state index in [4.69, 9.17) is 0 Å². The smallest absolute Gasteiger partial charge is 0.262 e. The molecule has 0 bridgehead atoms. The molecule has 3 rings (SSSR count). The molecule has 2 aromatic rings. The highest BCUT2D eigenvalue weighted by molar-refractivity contribution is 7.92. The number of rotatable bonds is 5. The lowest BCUT2D eigenvalue weighted by atomic mass is 10.1. The summed E-state index contributed by atoms with van der Waals surface area (Å²) in [5, 5.41) is 6.15. The summed E-state index contributed by atoms with van der Waals surface area (Å²) in [5.41, 5.74) is 0.714. The second kappa shape index (κ2) is 8.06. The van der Waals surface area contributed by atoms with Crippen molar-refractivity contribution in [2.24, 2.45) is 0 Å². The van der Waals surface area contributed by atoms with Crippen molar-refractivity contribution in [3.63, 3.8) is 0 Å². The second-order valence-electron chi connectivity index (χ2n) is 6.58. The number of benzene rings is 2. The number of hydrogen-bond acceptors (Lipinski definition) is 4. The number of carbonyl (C=O) groups is 1. The van der Waals surface area contributed by atoms with E-state index in [0.717, 1.165) is 31.5 Å². The Morgan fingerprint density at radius 2 is 2.00 bits per heavy atom. The van der Waals surface area contributed by atoms with E-state index >= 15 is 0 Å². The van der Waals surface area contributed by atoms with Crippen LogP contribution in [-0.4, -0.2) is 33.5 Å². The lowest BCUT2D eigenvalue weighted by molar-refractivity contribution is 0.0931. The molecule has 0 saturated carbocycles. The van der Waals surface area contributed by atoms with Crippen molar-refractivity contribution >= 4 is 21.6 Å². The van der Waals surface area contributed by atoms with Gasteiger partial charge in [-0.05, 0) is 62.2 Å². The highest BCUT2D eigenvalue weighted by Gasteiger charge is 2.22. The van der Waals surface area contributed by atoms with Gasteiger partial charge in [-0.3, -0.25) is 9.52 Å². The molecule has 1 heterocycles. The first-order valence-electron chi connectivity index (χ1n) is 8.76. The maximum absolute atomic E-state index is 13.3. The largest absolute Gasteiger partial charge is 0.348 e. The van der Waals surface area contributed by atoms with Gasteiger partial charge in [0.1, 0.15) is 5.82 Å². The van der Waals surface area contributed by atoms with Crippen molar-refractivity contribution < 1.29 is 17.6 Å². The molecule has 1 saturated heterocycles. The average molecular weight is 391 g/mol. The van der Waals surface area contributed by atoms with Crippen molar-refractivity contribution in [1.82, 2.24) is 10.6 Å². The van der Waals surface area contributed by atoms with Gasteiger partial charge < -0.3 is 10.6 Å². The molecule has 3 N–H and O–H groups in total. The van der Waals surface area contributed by atoms with E-state index < -0.39 is 15.8 Å². The van der Waals surface area contributed by atoms with Gasteiger partial charge in [0.15, 0.2) is 0 Å². The number of nitrogens with one attached hydrogen (secondary N) is 3. The average Bonchev–Trinajstić information content (AvgIpc) is 2.62. The maximum Gasteiger partial charge on any atom is 0.262 e. The van der Waals surface area contributed by atoms with Gasteiger partial charge in [-0.25, -0.2) is 12.8 Å². The predicted molar refractivity (Wildman–Crippen MR) is 102 cm³/mol. The molecule has 0 unspecified atom stereocenters. The fourth-order valence-corrected chi connectivity index (χ4v) is 4.43. The summed E-state index contributed by atoms with van der Waals surface area (Å²) in [6.45, 7) is 3.14. The summed E-state index contributed by atoms with van der Waals surface area (Å²) in [5.74, 6) is -0.842. The third-order valence-electron chi connectivity index (χ3n) is 4.47. The van der Waals surface area contributed by atoms with Crippen LogP contribution in [0.15, 0.2) is 47.4 Å². The second-order valence-corrected chi connectivity index (χ2v) is 8.23. The molecule has 8 heteroatoms. The van der Waals surface area contributed by atoms with E-state index in [2.05, 4.69) is 15.4 Å². The Morgan fingerprint density at radius 3 is 2.70 bits per heavy atom. The zero-order valence-electron chi connectivity index (χ0n) is 15.0. The molecule has 27 heavy (non-hydrogen) atoms. The van der Waals surface area contributed by atoms with E-state index in [9.17, 15) is 17.6 Å². The molecular formula is C19H22FN3O3S. The van der Waals surface area contributed by atoms with Crippen LogP contribution in [0.1, 0.15) is 28.8 Å². The first-order chi connectivity index (χ1) is 12.9. The van der Waals surface area contributed by atoms with Crippen LogP contribution in [0.3, 0.4) is 0 Å². The van der Waals surface area contributed by atoms with E-state index in [0.29, 0.717) is 6.54 Å². The lowest BCUT2D eigenvalue weighted by Gasteiger charge is -2.24. The van der Waals surface area contributed by atoms with Gasteiger partial charge in [-0.15, -0.1) is 0 Å². The summed E-state index contributed by atoms with van der Waals surface area (Å²) in [7, 11) is -3.96. The molecule has 0 radical (unpaired) electrons. The SMILES string of the molecule is Cc1cc(F)ccc1S(=O)(=O)Nc1ccccc1C(=O)N[C@H]1CCCNC1. The van der Waals surface area contributed by atoms with Crippen LogP contribution in [-0.2, 0) is 10.0 Å². The zero-order valence-corrected chi connectivity index (χ0v) is 15.8. The van der Waals surface area contributed by atoms with E-state index in [-0.39, 0.29) is 33.7 Å². The summed E-state index contributed by atoms with van der Waals surface area (Å²) in [4.78, 5) is 12.6. The molecule has 1 aliphatic rings. The normalized spacial score (nSPS) is 17.3. The zero-order chi connectivity index (χ0) is 19.4. The molecule has 0 aliphatic carbocycles. The molecule has 2 aromatic carbocycles. The number of amides is 1. The van der Waals surface area contributed by atoms with Gasteiger partial charge in [-0.2, -0.15) is 0 Å². The number of halogens is 1. The third kappa shape index (κ3) is 4.64. The minimum absolute atomic E-state index is 0.00950. The summed E-state index contributed by atoms with van der Waals surface area (Å²) in [6.07, 6.45) is 1.85. The van der Waals surface area contributed by atoms with Gasteiger partial charge in [0.25, 0.3) is 15.9 Å². The topological polar surface area (TPSA) is 87.3 Å². The quantitative estimate of drug-likeness (QED) is 0.731. The van der Waals surface area contributed by atoms with Crippen LogP contribution in [0.25, 0.3) is 0 Å². The summed E-state index contributed by atoms with van der Waals surface area (Å²) < 4.78 is 41.2. The number of para-hydroxylation sites is 1. The van der Waals surface area contributed by atoms with Crippen LogP contribution in [0.5, 0.6) is 0 Å². The molecule has 1 atom stereocenters. The molecular weight excluding hydrogens is 369 g/mol. The Labute approximate surface area is 158 Å². The molecule has 144 valence electrons. The Hall–Kier alpha value is -2.45. The van der Waals surface area contributed by atoms with Crippen LogP contribution in [0, 0.1) is 12.7 Å². The minimum atomic E-state index is -3.96. The van der Waals surface area contributed by atoms with Crippen LogP contribution >= 0.6 is 0 Å². The predicted octanol–water partition coefficient (Wildman–Crippen LogP) is 2.42. The van der Waals surface area contributed by atoms with Gasteiger partial charge in [0.05, 0.1) is 16.1 Å². The van der Waals surface area contributed by atoms with Crippen molar-refractivity contribution in [1.29, 1.82) is 0 Å². The Bertz CT molecular complexity index is 941. The monoisotopic (exact) mass is 391 g/mol. The Balaban J connectivity index is 1.84. The summed E-state index contributed by atoms with van der Waals surface area (Å²) >= 11 is 0. The molecule has 6 nitrogen and oxygen atoms in total. The lowest BCUT2D eigenvalue weighted by Crippen LogP contribution is -2.45. The van der Waals surface area contributed by atoms with Crippen molar-refractivity contribution in [2.45, 2.75) is 30.7 Å². The summed E-state index contributed by atoms with van der Waals surface area (Å²) in [6, 6.07) is 9.90. The number of carbonyl (C=O) groups excluding carboxylic acids is 1. The number of anilines is 1. The van der Waals surface area contributed by atoms with Gasteiger partial charge in [-0.1, -0.05) is 12.1 Å². The molecule has 1 amide bonds. The van der Waals surface area contributed by atoms with Crippen molar-refractivity contribution in [3.8, 4) is 0 Å². The molecule has 0 aromatic heterocycles. The highest BCUT2D eigenvalue weighted by Crippen LogP contribution is 2.23. The van der Waals surface area contributed by atoms with E-state index in [1.54, 1.807) is 18.2 Å². The van der Waals surface area contributed by atoms with Crippen LogP contribution in [0.4, 0.5) is 10.1 Å². The number of piperidine rings is 1. The number of sulfonamides is 1. The fourth-order valence-electron chi connectivity index (χ4n) is 3.12. The van der Waals surface area contributed by atoms with Crippen LogP contribution in [0.2, 0.25) is 0 Å². The van der Waals surface area contributed by atoms with Gasteiger partial charge >= 0.3 is 0 Å². The maximum atomic E-state index is 13.3. The fraction of sp³-hybridized carbons (Fsp3) is 0.316. The molecule has 1 aliphatic heterocycles. The van der Waals surface area contributed by atoms with Crippen molar-refractivity contribution in [3.05, 3.63) is 59.4 Å². The van der Waals surface area contributed by atoms with Crippen molar-refractivity contribution in [2.75, 3.05) is 17.8 Å². The van der Waals surface area contributed by atoms with E-state index in [1.807, 2.05) is 0 Å². The van der Waals surface area contributed by atoms with Crippen LogP contribution < -0.4 is 15.4 Å². The molecule has 0 spiro atoms. The Morgan fingerprint density at radius 1 is 1.22 bits per heavy atom. The first kappa shape index (κ1) is 19.3.